The van der Waals surface area contributed by atoms with E-state index < -0.39 is 5.41 Å². The summed E-state index contributed by atoms with van der Waals surface area (Å²) in [7, 11) is 1.64. The summed E-state index contributed by atoms with van der Waals surface area (Å²) in [5, 5.41) is 3.07. The Morgan fingerprint density at radius 1 is 1.13 bits per heavy atom. The Kier molecular flexibility index (Phi) is 8.10. The van der Waals surface area contributed by atoms with E-state index in [1.54, 1.807) is 7.11 Å². The lowest BCUT2D eigenvalue weighted by molar-refractivity contribution is -0.125. The van der Waals surface area contributed by atoms with Crippen LogP contribution in [0.15, 0.2) is 24.3 Å². The summed E-state index contributed by atoms with van der Waals surface area (Å²) in [6.07, 6.45) is 2.13. The van der Waals surface area contributed by atoms with Crippen molar-refractivity contribution in [2.75, 3.05) is 33.3 Å². The van der Waals surface area contributed by atoms with Gasteiger partial charge in [0.1, 0.15) is 5.75 Å². The maximum absolute atomic E-state index is 12.5. The van der Waals surface area contributed by atoms with Gasteiger partial charge in [0.25, 0.3) is 0 Å². The van der Waals surface area contributed by atoms with Crippen molar-refractivity contribution in [2.24, 2.45) is 0 Å². The number of nitrogens with zero attached hydrogens (tertiary/aromatic N) is 1. The van der Waals surface area contributed by atoms with Gasteiger partial charge in [0.05, 0.1) is 12.5 Å². The van der Waals surface area contributed by atoms with E-state index in [9.17, 15) is 4.79 Å². The Labute approximate surface area is 141 Å². The molecule has 4 heteroatoms. The molecule has 0 heterocycles. The molecule has 0 aromatic heterocycles. The monoisotopic (exact) mass is 320 g/mol. The third-order valence-corrected chi connectivity index (χ3v) is 4.46. The van der Waals surface area contributed by atoms with Gasteiger partial charge in [-0.25, -0.2) is 0 Å². The molecule has 4 nitrogen and oxygen atoms in total. The summed E-state index contributed by atoms with van der Waals surface area (Å²) in [5.41, 5.74) is 0.462. The molecular formula is C19H32N2O2. The topological polar surface area (TPSA) is 41.6 Å². The number of benzene rings is 1. The van der Waals surface area contributed by atoms with Crippen LogP contribution in [0.3, 0.4) is 0 Å². The Hall–Kier alpha value is -1.55. The fourth-order valence-corrected chi connectivity index (χ4v) is 2.56. The minimum atomic E-state index is -0.537. The van der Waals surface area contributed by atoms with Crippen LogP contribution in [-0.2, 0) is 10.2 Å². The third-order valence-electron chi connectivity index (χ3n) is 4.46. The zero-order valence-electron chi connectivity index (χ0n) is 15.3. The number of unbranched alkanes of at least 4 members (excludes halogenated alkanes) is 1. The van der Waals surface area contributed by atoms with Crippen LogP contribution in [-0.4, -0.2) is 44.1 Å². The van der Waals surface area contributed by atoms with Crippen LogP contribution in [0.2, 0.25) is 0 Å². The Morgan fingerprint density at radius 2 is 1.74 bits per heavy atom. The normalized spacial score (nSPS) is 11.6. The molecule has 1 amide bonds. The van der Waals surface area contributed by atoms with Gasteiger partial charge < -0.3 is 15.0 Å². The molecule has 1 aromatic carbocycles. The van der Waals surface area contributed by atoms with E-state index in [-0.39, 0.29) is 5.91 Å². The number of hydrogen-bond donors (Lipinski definition) is 1. The second-order valence-electron chi connectivity index (χ2n) is 6.34. The fraction of sp³-hybridized carbons (Fsp3) is 0.632. The first-order chi connectivity index (χ1) is 11.0. The number of nitrogens with one attached hydrogen (secondary N) is 1. The average molecular weight is 320 g/mol. The molecule has 23 heavy (non-hydrogen) atoms. The Bertz CT molecular complexity index is 465. The molecule has 0 aliphatic rings. The SMILES string of the molecule is CCN(CC)CCCCNC(=O)C(C)(C)c1ccc(OC)cc1. The molecule has 0 aliphatic heterocycles. The lowest BCUT2D eigenvalue weighted by atomic mass is 9.83. The van der Waals surface area contributed by atoms with Gasteiger partial charge in [0, 0.05) is 6.54 Å². The number of carbonyl (C=O) groups is 1. The molecule has 130 valence electrons. The number of hydrogen-bond acceptors (Lipinski definition) is 3. The molecule has 1 aromatic rings. The van der Waals surface area contributed by atoms with Crippen LogP contribution in [0.5, 0.6) is 5.75 Å². The summed E-state index contributed by atoms with van der Waals surface area (Å²) in [6.45, 7) is 12.3. The van der Waals surface area contributed by atoms with Crippen molar-refractivity contribution >= 4 is 5.91 Å². The first kappa shape index (κ1) is 19.5. The van der Waals surface area contributed by atoms with E-state index >= 15 is 0 Å². The first-order valence-electron chi connectivity index (χ1n) is 8.60. The second-order valence-corrected chi connectivity index (χ2v) is 6.34. The highest BCUT2D eigenvalue weighted by Crippen LogP contribution is 2.25. The summed E-state index contributed by atoms with van der Waals surface area (Å²) in [4.78, 5) is 14.9. The van der Waals surface area contributed by atoms with E-state index in [4.69, 9.17) is 4.74 Å². The van der Waals surface area contributed by atoms with Crippen LogP contribution in [0, 0.1) is 0 Å². The van der Waals surface area contributed by atoms with Crippen molar-refractivity contribution in [3.05, 3.63) is 29.8 Å². The summed E-state index contributed by atoms with van der Waals surface area (Å²) in [5.74, 6) is 0.881. The van der Waals surface area contributed by atoms with Gasteiger partial charge in [0.2, 0.25) is 5.91 Å². The van der Waals surface area contributed by atoms with Crippen molar-refractivity contribution in [1.82, 2.24) is 10.2 Å². The lowest BCUT2D eigenvalue weighted by Crippen LogP contribution is -2.40. The number of ether oxygens (including phenoxy) is 1. The molecule has 0 fully saturated rings. The zero-order chi connectivity index (χ0) is 17.3. The van der Waals surface area contributed by atoms with Gasteiger partial charge in [-0.3, -0.25) is 4.79 Å². The predicted octanol–water partition coefficient (Wildman–Crippen LogP) is 3.21. The highest BCUT2D eigenvalue weighted by molar-refractivity contribution is 5.87. The van der Waals surface area contributed by atoms with Crippen LogP contribution >= 0.6 is 0 Å². The quantitative estimate of drug-likeness (QED) is 0.673. The van der Waals surface area contributed by atoms with E-state index in [0.717, 1.165) is 50.3 Å². The predicted molar refractivity (Wildman–Crippen MR) is 96.1 cm³/mol. The molecule has 0 saturated heterocycles. The number of amides is 1. The van der Waals surface area contributed by atoms with E-state index in [2.05, 4.69) is 24.1 Å². The highest BCUT2D eigenvalue weighted by Gasteiger charge is 2.29. The second kappa shape index (κ2) is 9.56. The molecule has 0 unspecified atom stereocenters. The summed E-state index contributed by atoms with van der Waals surface area (Å²) in [6, 6.07) is 7.71. The Balaban J connectivity index is 2.43. The third kappa shape index (κ3) is 5.87. The highest BCUT2D eigenvalue weighted by atomic mass is 16.5. The number of rotatable bonds is 10. The van der Waals surface area contributed by atoms with Crippen molar-refractivity contribution in [1.29, 1.82) is 0 Å². The van der Waals surface area contributed by atoms with Crippen LogP contribution in [0.25, 0.3) is 0 Å². The van der Waals surface area contributed by atoms with Gasteiger partial charge in [-0.1, -0.05) is 26.0 Å². The molecule has 0 saturated carbocycles. The van der Waals surface area contributed by atoms with Crippen molar-refractivity contribution in [3.8, 4) is 5.75 Å². The molecule has 1 N–H and O–H groups in total. The summed E-state index contributed by atoms with van der Waals surface area (Å²) >= 11 is 0. The molecule has 1 rings (SSSR count). The minimum absolute atomic E-state index is 0.0745. The minimum Gasteiger partial charge on any atom is -0.497 e. The maximum atomic E-state index is 12.5. The van der Waals surface area contributed by atoms with Crippen LogP contribution in [0.1, 0.15) is 46.1 Å². The van der Waals surface area contributed by atoms with Crippen molar-refractivity contribution in [2.45, 2.75) is 46.0 Å². The fourth-order valence-electron chi connectivity index (χ4n) is 2.56. The van der Waals surface area contributed by atoms with Gasteiger partial charge in [-0.05, 0) is 64.0 Å². The first-order valence-corrected chi connectivity index (χ1v) is 8.60. The van der Waals surface area contributed by atoms with Gasteiger partial charge >= 0.3 is 0 Å². The van der Waals surface area contributed by atoms with Gasteiger partial charge in [-0.2, -0.15) is 0 Å². The largest absolute Gasteiger partial charge is 0.497 e. The molecule has 0 aliphatic carbocycles. The number of carbonyl (C=O) groups excluding carboxylic acids is 1. The van der Waals surface area contributed by atoms with Gasteiger partial charge in [0.15, 0.2) is 0 Å². The zero-order valence-corrected chi connectivity index (χ0v) is 15.3. The molecule has 0 atom stereocenters. The molecular weight excluding hydrogens is 288 g/mol. The van der Waals surface area contributed by atoms with Crippen molar-refractivity contribution in [3.63, 3.8) is 0 Å². The molecule has 0 spiro atoms. The lowest BCUT2D eigenvalue weighted by Gasteiger charge is -2.24. The summed E-state index contributed by atoms with van der Waals surface area (Å²) < 4.78 is 5.17. The smallest absolute Gasteiger partial charge is 0.230 e. The van der Waals surface area contributed by atoms with E-state index in [0.29, 0.717) is 0 Å². The van der Waals surface area contributed by atoms with E-state index in [1.807, 2.05) is 38.1 Å². The number of methoxy groups -OCH3 is 1. The average Bonchev–Trinajstić information content (AvgIpc) is 2.57. The van der Waals surface area contributed by atoms with E-state index in [1.165, 1.54) is 0 Å². The maximum Gasteiger partial charge on any atom is 0.230 e. The van der Waals surface area contributed by atoms with Crippen LogP contribution in [0.4, 0.5) is 0 Å². The van der Waals surface area contributed by atoms with Crippen LogP contribution < -0.4 is 10.1 Å². The van der Waals surface area contributed by atoms with Gasteiger partial charge in [-0.15, -0.1) is 0 Å². The molecule has 0 radical (unpaired) electrons. The standard InChI is InChI=1S/C19H32N2O2/c1-6-21(7-2)15-9-8-14-20-18(22)19(3,4)16-10-12-17(23-5)13-11-16/h10-13H,6-9,14-15H2,1-5H3,(H,20,22). The van der Waals surface area contributed by atoms with Crippen molar-refractivity contribution < 1.29 is 9.53 Å². The molecule has 0 bridgehead atoms. The Morgan fingerprint density at radius 3 is 2.26 bits per heavy atom.